The van der Waals surface area contributed by atoms with E-state index in [1.807, 2.05) is 0 Å². The first-order chi connectivity index (χ1) is 9.59. The van der Waals surface area contributed by atoms with Crippen LogP contribution in [0, 0.1) is 0 Å². The minimum atomic E-state index is 0.0161. The average Bonchev–Trinajstić information content (AvgIpc) is 2.72. The average molecular weight is 282 g/mol. The van der Waals surface area contributed by atoms with Crippen LogP contribution in [0.1, 0.15) is 72.1 Å². The van der Waals surface area contributed by atoms with E-state index in [2.05, 4.69) is 25.7 Å². The van der Waals surface area contributed by atoms with E-state index in [1.165, 1.54) is 38.6 Å². The molecular formula is C17H34N2O. The number of nitrogens with zero attached hydrogens (tertiary/aromatic N) is 1. The molecule has 0 aliphatic carbocycles. The van der Waals surface area contributed by atoms with Gasteiger partial charge in [-0.25, -0.2) is 0 Å². The second-order valence-electron chi connectivity index (χ2n) is 7.11. The van der Waals surface area contributed by atoms with Crippen molar-refractivity contribution in [2.24, 2.45) is 5.73 Å². The molecule has 0 aromatic carbocycles. The van der Waals surface area contributed by atoms with Gasteiger partial charge in [0.1, 0.15) is 0 Å². The lowest BCUT2D eigenvalue weighted by Gasteiger charge is -2.53. The van der Waals surface area contributed by atoms with Crippen molar-refractivity contribution in [1.82, 2.24) is 4.90 Å². The quantitative estimate of drug-likeness (QED) is 0.859. The molecular weight excluding hydrogens is 248 g/mol. The van der Waals surface area contributed by atoms with Gasteiger partial charge in [-0.15, -0.1) is 0 Å². The van der Waals surface area contributed by atoms with Gasteiger partial charge in [0.15, 0.2) is 0 Å². The molecule has 0 aromatic heterocycles. The van der Waals surface area contributed by atoms with Gasteiger partial charge in [0.05, 0.1) is 5.60 Å². The first kappa shape index (κ1) is 16.3. The fourth-order valence-electron chi connectivity index (χ4n) is 4.31. The summed E-state index contributed by atoms with van der Waals surface area (Å²) in [5.74, 6) is 0. The molecule has 0 amide bonds. The topological polar surface area (TPSA) is 38.5 Å². The smallest absolute Gasteiger partial charge is 0.0670 e. The van der Waals surface area contributed by atoms with Gasteiger partial charge >= 0.3 is 0 Å². The van der Waals surface area contributed by atoms with Crippen molar-refractivity contribution in [2.45, 2.75) is 89.3 Å². The Balaban J connectivity index is 2.23. The van der Waals surface area contributed by atoms with E-state index in [1.54, 1.807) is 0 Å². The molecule has 118 valence electrons. The van der Waals surface area contributed by atoms with E-state index < -0.39 is 0 Å². The maximum absolute atomic E-state index is 6.32. The minimum Gasteiger partial charge on any atom is -0.375 e. The van der Waals surface area contributed by atoms with Gasteiger partial charge in [0.25, 0.3) is 0 Å². The van der Waals surface area contributed by atoms with Crippen LogP contribution in [0.15, 0.2) is 0 Å². The van der Waals surface area contributed by atoms with Crippen LogP contribution in [-0.2, 0) is 4.74 Å². The third-order valence-electron chi connectivity index (χ3n) is 5.81. The van der Waals surface area contributed by atoms with Crippen molar-refractivity contribution < 1.29 is 4.74 Å². The number of ether oxygens (including phenoxy) is 1. The third kappa shape index (κ3) is 3.20. The molecule has 2 saturated heterocycles. The van der Waals surface area contributed by atoms with Crippen LogP contribution in [0.4, 0.5) is 0 Å². The van der Waals surface area contributed by atoms with Gasteiger partial charge in [-0.05, 0) is 52.0 Å². The predicted octanol–water partition coefficient (Wildman–Crippen LogP) is 3.32. The Hall–Kier alpha value is -0.120. The lowest BCUT2D eigenvalue weighted by atomic mass is 9.77. The Kier molecular flexibility index (Phi) is 5.49. The lowest BCUT2D eigenvalue weighted by molar-refractivity contribution is -0.136. The summed E-state index contributed by atoms with van der Waals surface area (Å²) in [5.41, 5.74) is 6.51. The summed E-state index contributed by atoms with van der Waals surface area (Å²) in [6.45, 7) is 9.74. The maximum Gasteiger partial charge on any atom is 0.0670 e. The zero-order valence-electron chi connectivity index (χ0n) is 13.8. The summed E-state index contributed by atoms with van der Waals surface area (Å²) in [4.78, 5) is 2.79. The van der Waals surface area contributed by atoms with Gasteiger partial charge in [-0.2, -0.15) is 0 Å². The molecule has 2 heterocycles. The van der Waals surface area contributed by atoms with Crippen molar-refractivity contribution in [3.05, 3.63) is 0 Å². The van der Waals surface area contributed by atoms with Crippen molar-refractivity contribution in [3.63, 3.8) is 0 Å². The fraction of sp³-hybridized carbons (Fsp3) is 1.00. The van der Waals surface area contributed by atoms with Gasteiger partial charge in [-0.3, -0.25) is 4.90 Å². The fourth-order valence-corrected chi connectivity index (χ4v) is 4.31. The van der Waals surface area contributed by atoms with Crippen LogP contribution in [0.2, 0.25) is 0 Å². The molecule has 3 heteroatoms. The number of rotatable bonds is 4. The monoisotopic (exact) mass is 282 g/mol. The highest BCUT2D eigenvalue weighted by molar-refractivity contribution is 5.02. The highest BCUT2D eigenvalue weighted by Crippen LogP contribution is 2.40. The summed E-state index contributed by atoms with van der Waals surface area (Å²) in [6.07, 6.45) is 10.0. The third-order valence-corrected chi connectivity index (χ3v) is 5.81. The lowest BCUT2D eigenvalue weighted by Crippen LogP contribution is -2.63. The largest absolute Gasteiger partial charge is 0.375 e. The van der Waals surface area contributed by atoms with E-state index in [0.29, 0.717) is 0 Å². The Morgan fingerprint density at radius 1 is 1.25 bits per heavy atom. The number of hydrogen-bond donors (Lipinski definition) is 1. The normalized spacial score (nSPS) is 40.5. The van der Waals surface area contributed by atoms with Crippen LogP contribution >= 0.6 is 0 Å². The van der Waals surface area contributed by atoms with Gasteiger partial charge < -0.3 is 10.5 Å². The van der Waals surface area contributed by atoms with Crippen LogP contribution in [0.3, 0.4) is 0 Å². The number of nitrogens with two attached hydrogens (primary N) is 1. The van der Waals surface area contributed by atoms with Crippen molar-refractivity contribution >= 4 is 0 Å². The summed E-state index contributed by atoms with van der Waals surface area (Å²) in [6, 6.07) is 0.722. The molecule has 2 rings (SSSR count). The van der Waals surface area contributed by atoms with Crippen LogP contribution in [0.25, 0.3) is 0 Å². The number of likely N-dealkylation sites (tertiary alicyclic amines) is 1. The molecule has 2 aliphatic heterocycles. The van der Waals surface area contributed by atoms with Crippen LogP contribution < -0.4 is 5.73 Å². The maximum atomic E-state index is 6.32. The molecule has 20 heavy (non-hydrogen) atoms. The summed E-state index contributed by atoms with van der Waals surface area (Å²) < 4.78 is 6.08. The molecule has 0 radical (unpaired) electrons. The molecule has 0 saturated carbocycles. The summed E-state index contributed by atoms with van der Waals surface area (Å²) in [5, 5.41) is 0. The SMILES string of the molecule is CCC1CCCCCN1C1(CN)CCOC(C)(CC)C1. The number of hydrogen-bond acceptors (Lipinski definition) is 3. The Morgan fingerprint density at radius 3 is 2.70 bits per heavy atom. The van der Waals surface area contributed by atoms with Crippen LogP contribution in [0.5, 0.6) is 0 Å². The van der Waals surface area contributed by atoms with Crippen LogP contribution in [-0.4, -0.2) is 41.8 Å². The Bertz CT molecular complexity index is 309. The molecule has 2 N–H and O–H groups in total. The van der Waals surface area contributed by atoms with E-state index in [4.69, 9.17) is 10.5 Å². The zero-order chi connectivity index (χ0) is 14.6. The highest BCUT2D eigenvalue weighted by atomic mass is 16.5. The zero-order valence-corrected chi connectivity index (χ0v) is 13.8. The Morgan fingerprint density at radius 2 is 2.05 bits per heavy atom. The van der Waals surface area contributed by atoms with Crippen molar-refractivity contribution in [1.29, 1.82) is 0 Å². The van der Waals surface area contributed by atoms with E-state index in [0.717, 1.165) is 38.5 Å². The first-order valence-electron chi connectivity index (χ1n) is 8.70. The molecule has 3 nitrogen and oxygen atoms in total. The molecule has 2 aliphatic rings. The molecule has 3 unspecified atom stereocenters. The van der Waals surface area contributed by atoms with E-state index in [9.17, 15) is 0 Å². The highest BCUT2D eigenvalue weighted by Gasteiger charge is 2.46. The summed E-state index contributed by atoms with van der Waals surface area (Å²) in [7, 11) is 0. The Labute approximate surface area is 125 Å². The van der Waals surface area contributed by atoms with Gasteiger partial charge in [0.2, 0.25) is 0 Å². The van der Waals surface area contributed by atoms with E-state index >= 15 is 0 Å². The van der Waals surface area contributed by atoms with E-state index in [-0.39, 0.29) is 11.1 Å². The molecule has 3 atom stereocenters. The standard InChI is InChI=1S/C17H34N2O/c1-4-15-9-7-6-8-11-19(15)17(14-18)10-12-20-16(3,5-2)13-17/h15H,4-14,18H2,1-3H3. The second kappa shape index (κ2) is 6.76. The predicted molar refractivity (Wildman–Crippen MR) is 84.9 cm³/mol. The van der Waals surface area contributed by atoms with Crippen molar-refractivity contribution in [3.8, 4) is 0 Å². The molecule has 0 aromatic rings. The second-order valence-corrected chi connectivity index (χ2v) is 7.11. The molecule has 0 bridgehead atoms. The molecule has 0 spiro atoms. The first-order valence-corrected chi connectivity index (χ1v) is 8.70. The molecule has 2 fully saturated rings. The van der Waals surface area contributed by atoms with Crippen molar-refractivity contribution in [2.75, 3.05) is 19.7 Å². The summed E-state index contributed by atoms with van der Waals surface area (Å²) >= 11 is 0. The van der Waals surface area contributed by atoms with Gasteiger partial charge in [-0.1, -0.05) is 26.7 Å². The van der Waals surface area contributed by atoms with Gasteiger partial charge in [0, 0.05) is 24.7 Å². The minimum absolute atomic E-state index is 0.0161.